The predicted octanol–water partition coefficient (Wildman–Crippen LogP) is 3.14. The van der Waals surface area contributed by atoms with Crippen molar-refractivity contribution in [2.24, 2.45) is 5.92 Å². The van der Waals surface area contributed by atoms with Crippen molar-refractivity contribution in [2.45, 2.75) is 6.29 Å². The van der Waals surface area contributed by atoms with Gasteiger partial charge >= 0.3 is 0 Å². The third-order valence-electron chi connectivity index (χ3n) is 3.68. The molecule has 6 nitrogen and oxygen atoms in total. The number of non-ortho nitro benzene ring substituents is 1. The Morgan fingerprint density at radius 3 is 2.39 bits per heavy atom. The second-order valence-corrected chi connectivity index (χ2v) is 5.28. The summed E-state index contributed by atoms with van der Waals surface area (Å²) >= 11 is 0. The van der Waals surface area contributed by atoms with E-state index in [1.54, 1.807) is 24.3 Å². The molecule has 0 saturated carbocycles. The van der Waals surface area contributed by atoms with Gasteiger partial charge in [-0.3, -0.25) is 14.9 Å². The van der Waals surface area contributed by atoms with E-state index in [1.165, 1.54) is 12.1 Å². The van der Waals surface area contributed by atoms with E-state index >= 15 is 0 Å². The van der Waals surface area contributed by atoms with E-state index in [-0.39, 0.29) is 30.6 Å². The number of carbonyl (C=O) groups is 1. The van der Waals surface area contributed by atoms with E-state index in [0.717, 1.165) is 0 Å². The molecule has 0 aromatic heterocycles. The Morgan fingerprint density at radius 2 is 1.74 bits per heavy atom. The zero-order valence-electron chi connectivity index (χ0n) is 12.3. The van der Waals surface area contributed by atoms with Crippen molar-refractivity contribution in [3.63, 3.8) is 0 Å². The van der Waals surface area contributed by atoms with Crippen molar-refractivity contribution < 1.29 is 19.2 Å². The van der Waals surface area contributed by atoms with Crippen LogP contribution in [-0.4, -0.2) is 23.9 Å². The average molecular weight is 313 g/mol. The number of benzene rings is 2. The molecule has 0 amide bonds. The van der Waals surface area contributed by atoms with Crippen LogP contribution in [0.4, 0.5) is 5.69 Å². The van der Waals surface area contributed by atoms with E-state index in [2.05, 4.69) is 0 Å². The van der Waals surface area contributed by atoms with E-state index in [0.29, 0.717) is 11.1 Å². The minimum absolute atomic E-state index is 0.0165. The Kier molecular flexibility index (Phi) is 4.45. The second kappa shape index (κ2) is 6.68. The number of ether oxygens (including phenoxy) is 2. The van der Waals surface area contributed by atoms with Crippen molar-refractivity contribution in [2.75, 3.05) is 13.2 Å². The van der Waals surface area contributed by atoms with Gasteiger partial charge in [0.1, 0.15) is 0 Å². The molecule has 0 bridgehead atoms. The molecule has 0 unspecified atom stereocenters. The first-order valence-electron chi connectivity index (χ1n) is 7.22. The van der Waals surface area contributed by atoms with Crippen molar-refractivity contribution in [1.29, 1.82) is 0 Å². The Morgan fingerprint density at radius 1 is 1.04 bits per heavy atom. The molecule has 0 radical (unpaired) electrons. The summed E-state index contributed by atoms with van der Waals surface area (Å²) < 4.78 is 11.2. The fourth-order valence-corrected chi connectivity index (χ4v) is 2.47. The van der Waals surface area contributed by atoms with Gasteiger partial charge in [0, 0.05) is 23.3 Å². The minimum atomic E-state index is -0.685. The van der Waals surface area contributed by atoms with E-state index in [4.69, 9.17) is 9.47 Å². The van der Waals surface area contributed by atoms with Gasteiger partial charge in [-0.15, -0.1) is 0 Å². The fraction of sp³-hybridized carbons (Fsp3) is 0.235. The molecule has 1 aliphatic rings. The number of rotatable bonds is 4. The topological polar surface area (TPSA) is 78.7 Å². The molecule has 1 fully saturated rings. The highest BCUT2D eigenvalue weighted by Gasteiger charge is 2.29. The maximum atomic E-state index is 12.3. The lowest BCUT2D eigenvalue weighted by atomic mass is 9.98. The monoisotopic (exact) mass is 313 g/mol. The normalized spacial score (nSPS) is 20.9. The van der Waals surface area contributed by atoms with Gasteiger partial charge in [-0.2, -0.15) is 0 Å². The third-order valence-corrected chi connectivity index (χ3v) is 3.68. The van der Waals surface area contributed by atoms with Crippen LogP contribution in [-0.2, 0) is 9.47 Å². The number of carbonyl (C=O) groups excluding carboxylic acids is 1. The van der Waals surface area contributed by atoms with Crippen LogP contribution in [0.3, 0.4) is 0 Å². The molecule has 1 heterocycles. The zero-order chi connectivity index (χ0) is 16.2. The summed E-state index contributed by atoms with van der Waals surface area (Å²) in [5.74, 6) is -0.393. The number of nitro benzene ring substituents is 1. The fourth-order valence-electron chi connectivity index (χ4n) is 2.47. The largest absolute Gasteiger partial charge is 0.348 e. The molecular formula is C17H15NO5. The van der Waals surface area contributed by atoms with Crippen LogP contribution in [0, 0.1) is 16.0 Å². The van der Waals surface area contributed by atoms with Crippen LogP contribution >= 0.6 is 0 Å². The Bertz CT molecular complexity index is 708. The molecular weight excluding hydrogens is 298 g/mol. The smallest absolute Gasteiger partial charge is 0.269 e. The van der Waals surface area contributed by atoms with Crippen LogP contribution in [0.2, 0.25) is 0 Å². The Balaban J connectivity index is 1.66. The molecule has 0 aliphatic carbocycles. The van der Waals surface area contributed by atoms with Crippen LogP contribution in [0.1, 0.15) is 22.2 Å². The number of ketones is 1. The van der Waals surface area contributed by atoms with Crippen LogP contribution < -0.4 is 0 Å². The molecule has 1 saturated heterocycles. The highest BCUT2D eigenvalue weighted by molar-refractivity contribution is 5.98. The van der Waals surface area contributed by atoms with Gasteiger partial charge in [-0.25, -0.2) is 0 Å². The zero-order valence-corrected chi connectivity index (χ0v) is 12.3. The summed E-state index contributed by atoms with van der Waals surface area (Å²) in [7, 11) is 0. The summed E-state index contributed by atoms with van der Waals surface area (Å²) in [6, 6.07) is 15.1. The molecule has 2 aromatic rings. The highest BCUT2D eigenvalue weighted by atomic mass is 16.7. The predicted molar refractivity (Wildman–Crippen MR) is 82.0 cm³/mol. The van der Waals surface area contributed by atoms with E-state index in [9.17, 15) is 14.9 Å². The van der Waals surface area contributed by atoms with Gasteiger partial charge in [-0.1, -0.05) is 42.5 Å². The van der Waals surface area contributed by atoms with Crippen LogP contribution in [0.25, 0.3) is 0 Å². The lowest BCUT2D eigenvalue weighted by molar-refractivity contribution is -0.385. The van der Waals surface area contributed by atoms with Gasteiger partial charge in [-0.05, 0) is 0 Å². The molecule has 0 atom stereocenters. The Hall–Kier alpha value is -2.57. The Labute approximate surface area is 132 Å². The first-order chi connectivity index (χ1) is 11.1. The summed E-state index contributed by atoms with van der Waals surface area (Å²) in [4.78, 5) is 22.7. The van der Waals surface area contributed by atoms with Gasteiger partial charge in [0.05, 0.1) is 24.1 Å². The van der Waals surface area contributed by atoms with Gasteiger partial charge in [0.15, 0.2) is 12.1 Å². The second-order valence-electron chi connectivity index (χ2n) is 5.28. The van der Waals surface area contributed by atoms with Crippen molar-refractivity contribution in [3.05, 3.63) is 75.8 Å². The van der Waals surface area contributed by atoms with Gasteiger partial charge in [0.25, 0.3) is 5.69 Å². The minimum Gasteiger partial charge on any atom is -0.348 e. The standard InChI is InChI=1S/C17H15NO5/c19-16(12-5-2-1-3-6-12)14-10-22-17(23-11-14)13-7-4-8-15(9-13)18(20)21/h1-9,14,17H,10-11H2. The number of hydrogen-bond acceptors (Lipinski definition) is 5. The van der Waals surface area contributed by atoms with Crippen molar-refractivity contribution >= 4 is 11.5 Å². The number of Topliss-reactive ketones (excluding diaryl/α,β-unsaturated/α-hetero) is 1. The number of hydrogen-bond donors (Lipinski definition) is 0. The van der Waals surface area contributed by atoms with Gasteiger partial charge in [0.2, 0.25) is 0 Å². The van der Waals surface area contributed by atoms with Crippen LogP contribution in [0.5, 0.6) is 0 Å². The highest BCUT2D eigenvalue weighted by Crippen LogP contribution is 2.28. The summed E-state index contributed by atoms with van der Waals surface area (Å²) in [6.45, 7) is 0.447. The first-order valence-corrected chi connectivity index (χ1v) is 7.22. The molecule has 0 spiro atoms. The maximum Gasteiger partial charge on any atom is 0.269 e. The quantitative estimate of drug-likeness (QED) is 0.492. The molecule has 3 rings (SSSR count). The lowest BCUT2D eigenvalue weighted by Gasteiger charge is -2.28. The SMILES string of the molecule is O=C(c1ccccc1)C1COC(c2cccc([N+](=O)[O-])c2)OC1. The molecule has 1 aliphatic heterocycles. The molecule has 0 N–H and O–H groups in total. The van der Waals surface area contributed by atoms with Crippen molar-refractivity contribution in [1.82, 2.24) is 0 Å². The summed E-state index contributed by atoms with van der Waals surface area (Å²) in [5, 5.41) is 10.8. The molecule has 6 heteroatoms. The van der Waals surface area contributed by atoms with Gasteiger partial charge < -0.3 is 9.47 Å². The maximum absolute atomic E-state index is 12.3. The lowest BCUT2D eigenvalue weighted by Crippen LogP contribution is -2.32. The third kappa shape index (κ3) is 3.44. The molecule has 118 valence electrons. The van der Waals surface area contributed by atoms with E-state index in [1.807, 2.05) is 18.2 Å². The summed E-state index contributed by atoms with van der Waals surface area (Å²) in [6.07, 6.45) is -0.685. The first kappa shape index (κ1) is 15.3. The van der Waals surface area contributed by atoms with Crippen molar-refractivity contribution in [3.8, 4) is 0 Å². The van der Waals surface area contributed by atoms with E-state index < -0.39 is 11.2 Å². The molecule has 2 aromatic carbocycles. The average Bonchev–Trinajstić information content (AvgIpc) is 2.62. The molecule has 23 heavy (non-hydrogen) atoms. The number of nitro groups is 1. The summed E-state index contributed by atoms with van der Waals surface area (Å²) in [5.41, 5.74) is 1.18. The number of nitrogens with zero attached hydrogens (tertiary/aromatic N) is 1. The van der Waals surface area contributed by atoms with Crippen LogP contribution in [0.15, 0.2) is 54.6 Å².